The lowest BCUT2D eigenvalue weighted by molar-refractivity contribution is -0.161. The van der Waals surface area contributed by atoms with Crippen molar-refractivity contribution < 1.29 is 75.8 Å². The van der Waals surface area contributed by atoms with Crippen LogP contribution in [0.2, 0.25) is 0 Å². The highest BCUT2D eigenvalue weighted by Crippen LogP contribution is 2.45. The second-order valence-electron chi connectivity index (χ2n) is 22.6. The first-order valence-corrected chi connectivity index (χ1v) is 37.5. The molecule has 0 aromatic heterocycles. The molecule has 0 heterocycles. The van der Waals surface area contributed by atoms with Crippen LogP contribution in [0.1, 0.15) is 252 Å². The maximum atomic E-state index is 12.9. The maximum Gasteiger partial charge on any atom is 0.472 e. The monoisotopic (exact) mass is 1320 g/mol. The third-order valence-corrected chi connectivity index (χ3v) is 15.8. The Bertz CT molecular complexity index is 2190. The first-order chi connectivity index (χ1) is 44.2. The van der Waals surface area contributed by atoms with Crippen LogP contribution >= 0.6 is 15.6 Å². The molecular formula is C73H122O16P2. The van der Waals surface area contributed by atoms with E-state index in [0.717, 1.165) is 122 Å². The molecule has 16 nitrogen and oxygen atoms in total. The molecule has 0 rings (SSSR count). The van der Waals surface area contributed by atoms with Crippen molar-refractivity contribution in [1.82, 2.24) is 0 Å². The van der Waals surface area contributed by atoms with E-state index in [1.165, 1.54) is 64.2 Å². The summed E-state index contributed by atoms with van der Waals surface area (Å²) in [5.74, 6) is -1.69. The number of phosphoric acid groups is 2. The summed E-state index contributed by atoms with van der Waals surface area (Å²) >= 11 is 0. The molecule has 0 aromatic carbocycles. The summed E-state index contributed by atoms with van der Waals surface area (Å²) in [7, 11) is -9.81. The van der Waals surface area contributed by atoms with E-state index in [4.69, 9.17) is 32.3 Å². The van der Waals surface area contributed by atoms with Crippen molar-refractivity contribution in [2.24, 2.45) is 0 Å². The van der Waals surface area contributed by atoms with Crippen molar-refractivity contribution in [1.29, 1.82) is 0 Å². The van der Waals surface area contributed by atoms with Gasteiger partial charge in [0.15, 0.2) is 6.10 Å². The molecule has 0 saturated heterocycles. The van der Waals surface area contributed by atoms with E-state index in [1.807, 2.05) is 18.2 Å². The normalized spacial score (nSPS) is 15.0. The fourth-order valence-corrected chi connectivity index (χ4v) is 10.3. The third kappa shape index (κ3) is 66.9. The molecule has 0 aliphatic rings. The molecule has 4 N–H and O–H groups in total. The Hall–Kier alpha value is -4.31. The van der Waals surface area contributed by atoms with Crippen LogP contribution in [-0.2, 0) is 55.8 Å². The fourth-order valence-electron chi connectivity index (χ4n) is 8.68. The maximum absolute atomic E-state index is 12.9. The Morgan fingerprint density at radius 3 is 0.989 bits per heavy atom. The Morgan fingerprint density at radius 2 is 0.604 bits per heavy atom. The molecule has 0 spiro atoms. The van der Waals surface area contributed by atoms with Gasteiger partial charge in [-0.15, -0.1) is 0 Å². The highest BCUT2D eigenvalue weighted by molar-refractivity contribution is 7.47. The zero-order valence-electron chi connectivity index (χ0n) is 56.2. The van der Waals surface area contributed by atoms with E-state index < -0.39 is 91.5 Å². The minimum Gasteiger partial charge on any atom is -0.463 e. The van der Waals surface area contributed by atoms with Gasteiger partial charge < -0.3 is 34.2 Å². The van der Waals surface area contributed by atoms with E-state index in [2.05, 4.69) is 136 Å². The van der Waals surface area contributed by atoms with Crippen LogP contribution in [0, 0.1) is 0 Å². The molecule has 18 heteroatoms. The largest absolute Gasteiger partial charge is 0.472 e. The smallest absolute Gasteiger partial charge is 0.463 e. The van der Waals surface area contributed by atoms with Crippen LogP contribution in [0.3, 0.4) is 0 Å². The number of carbonyl (C=O) groups is 3. The minimum absolute atomic E-state index is 0.0431. The zero-order chi connectivity index (χ0) is 66.7. The van der Waals surface area contributed by atoms with Crippen LogP contribution in [0.15, 0.2) is 134 Å². The lowest BCUT2D eigenvalue weighted by atomic mass is 10.0. The van der Waals surface area contributed by atoms with E-state index in [-0.39, 0.29) is 19.3 Å². The van der Waals surface area contributed by atoms with Gasteiger partial charge in [-0.2, -0.15) is 0 Å². The molecule has 0 aliphatic heterocycles. The number of allylic oxidation sites excluding steroid dienone is 22. The second kappa shape index (κ2) is 65.7. The Balaban J connectivity index is 4.75. The molecule has 0 aliphatic carbocycles. The molecule has 0 saturated carbocycles. The van der Waals surface area contributed by atoms with Crippen LogP contribution < -0.4 is 0 Å². The van der Waals surface area contributed by atoms with Crippen LogP contribution in [-0.4, -0.2) is 95.9 Å². The number of rotatable bonds is 64. The molecule has 0 radical (unpaired) electrons. The average Bonchev–Trinajstić information content (AvgIpc) is 3.08. The summed E-state index contributed by atoms with van der Waals surface area (Å²) in [6.45, 7) is 2.32. The molecular weight excluding hydrogens is 1190 g/mol. The molecule has 520 valence electrons. The summed E-state index contributed by atoms with van der Waals surface area (Å²) in [6, 6.07) is 0. The van der Waals surface area contributed by atoms with E-state index in [0.29, 0.717) is 25.7 Å². The second-order valence-corrected chi connectivity index (χ2v) is 25.5. The molecule has 91 heavy (non-hydrogen) atoms. The Kier molecular flexibility index (Phi) is 62.6. The van der Waals surface area contributed by atoms with Gasteiger partial charge in [0.25, 0.3) is 0 Å². The number of ether oxygens (including phenoxy) is 3. The quantitative estimate of drug-likeness (QED) is 0.0146. The topological polar surface area (TPSA) is 231 Å². The molecule has 0 bridgehead atoms. The first kappa shape index (κ1) is 86.7. The van der Waals surface area contributed by atoms with Gasteiger partial charge in [0.2, 0.25) is 0 Å². The zero-order valence-corrected chi connectivity index (χ0v) is 58.0. The molecule has 5 unspecified atom stereocenters. The average molecular weight is 1320 g/mol. The fraction of sp³-hybridized carbons (Fsp3) is 0.658. The number of aliphatic hydroxyl groups is 2. The van der Waals surface area contributed by atoms with Crippen LogP contribution in [0.4, 0.5) is 0 Å². The van der Waals surface area contributed by atoms with Crippen molar-refractivity contribution >= 4 is 33.6 Å². The standard InChI is InChI=1S/C73H122O16P2/c1-4-7-10-13-16-19-22-25-28-30-32-33-35-37-39-41-44-47-50-53-56-59-71(76)83-62-68(74)63-85-90(79,80)86-64-69(75)65-87-91(81,82)88-67-70(89-73(78)61-58-55-52-49-46-43-38-27-24-21-18-15-12-9-6-3)66-84-72(77)60-57-54-51-48-45-42-40-36-34-31-29-26-23-20-17-14-11-8-5-2/h7-8,10-11,16-17,19-20,25-26,28-29,32-34,36-37,39,42,45,51,54,68-70,74-75H,4-6,9,12-15,18,21-24,27,30-31,35,38,40-41,43-44,46-50,52-53,55-67H2,1-3H3,(H,79,80)(H,81,82)/b10-7-,11-8-,19-16-,20-17-,28-25-,29-26-,33-32-,36-34-,39-37-,45-42-,54-51-. The van der Waals surface area contributed by atoms with Crippen molar-refractivity contribution in [3.8, 4) is 0 Å². The number of esters is 3. The van der Waals surface area contributed by atoms with Crippen molar-refractivity contribution in [3.05, 3.63) is 134 Å². The third-order valence-electron chi connectivity index (χ3n) is 13.9. The van der Waals surface area contributed by atoms with Crippen molar-refractivity contribution in [3.63, 3.8) is 0 Å². The SMILES string of the molecule is CC/C=C\C/C=C\C/C=C\C/C=C\C/C=C\C/C=C\CCC(=O)OCC(COP(=O)(O)OCC(O)COP(=O)(O)OCC(O)COC(=O)CCCCCCC/C=C\C/C=C\C/C=C\C/C=C\C/C=C\CC)OC(=O)CCCCCCCCCCCCCCCCC. The van der Waals surface area contributed by atoms with E-state index in [9.17, 15) is 43.5 Å². The summed E-state index contributed by atoms with van der Waals surface area (Å²) in [5.41, 5.74) is 0. The number of aliphatic hydroxyl groups excluding tert-OH is 2. The van der Waals surface area contributed by atoms with Gasteiger partial charge in [0.1, 0.15) is 25.4 Å². The summed E-state index contributed by atoms with van der Waals surface area (Å²) < 4.78 is 60.8. The lowest BCUT2D eigenvalue weighted by Gasteiger charge is -2.21. The van der Waals surface area contributed by atoms with E-state index >= 15 is 0 Å². The number of carbonyl (C=O) groups excluding carboxylic acids is 3. The first-order valence-electron chi connectivity index (χ1n) is 34.5. The molecule has 0 amide bonds. The number of hydrogen-bond donors (Lipinski definition) is 4. The van der Waals surface area contributed by atoms with Crippen LogP contribution in [0.5, 0.6) is 0 Å². The van der Waals surface area contributed by atoms with Gasteiger partial charge in [-0.1, -0.05) is 264 Å². The van der Waals surface area contributed by atoms with E-state index in [1.54, 1.807) is 0 Å². The molecule has 5 atom stereocenters. The number of phosphoric ester groups is 2. The van der Waals surface area contributed by atoms with Gasteiger partial charge >= 0.3 is 33.6 Å². The summed E-state index contributed by atoms with van der Waals surface area (Å²) in [5, 5.41) is 20.5. The predicted octanol–water partition coefficient (Wildman–Crippen LogP) is 19.2. The summed E-state index contributed by atoms with van der Waals surface area (Å²) in [6.07, 6.45) is 76.6. The lowest BCUT2D eigenvalue weighted by Crippen LogP contribution is -2.30. The van der Waals surface area contributed by atoms with Gasteiger partial charge in [-0.25, -0.2) is 9.13 Å². The molecule has 0 fully saturated rings. The van der Waals surface area contributed by atoms with Crippen molar-refractivity contribution in [2.75, 3.05) is 39.6 Å². The highest BCUT2D eigenvalue weighted by Gasteiger charge is 2.29. The van der Waals surface area contributed by atoms with Gasteiger partial charge in [-0.05, 0) is 103 Å². The number of unbranched alkanes of at least 4 members (excludes halogenated alkanes) is 19. The van der Waals surface area contributed by atoms with Gasteiger partial charge in [-0.3, -0.25) is 32.5 Å². The highest BCUT2D eigenvalue weighted by atomic mass is 31.2. The van der Waals surface area contributed by atoms with Gasteiger partial charge in [0.05, 0.1) is 26.4 Å². The number of hydrogen-bond acceptors (Lipinski definition) is 14. The predicted molar refractivity (Wildman–Crippen MR) is 371 cm³/mol. The van der Waals surface area contributed by atoms with Crippen LogP contribution in [0.25, 0.3) is 0 Å². The summed E-state index contributed by atoms with van der Waals surface area (Å²) in [4.78, 5) is 58.4. The minimum atomic E-state index is -4.94. The Morgan fingerprint density at radius 1 is 0.319 bits per heavy atom. The van der Waals surface area contributed by atoms with Gasteiger partial charge in [0, 0.05) is 19.3 Å². The van der Waals surface area contributed by atoms with Crippen molar-refractivity contribution in [2.45, 2.75) is 270 Å². The Labute approximate surface area is 550 Å². The molecule has 0 aromatic rings.